The second kappa shape index (κ2) is 8.20. The molecule has 5 heteroatoms. The van der Waals surface area contributed by atoms with E-state index < -0.39 is 6.04 Å². The predicted octanol–water partition coefficient (Wildman–Crippen LogP) is 1.85. The lowest BCUT2D eigenvalue weighted by molar-refractivity contribution is -0.134. The molecule has 120 valence electrons. The Kier molecular flexibility index (Phi) is 6.92. The molecule has 1 unspecified atom stereocenters. The van der Waals surface area contributed by atoms with Crippen molar-refractivity contribution in [2.75, 3.05) is 27.2 Å². The normalized spacial score (nSPS) is 13.0. The van der Waals surface area contributed by atoms with Crippen molar-refractivity contribution in [3.8, 4) is 0 Å². The predicted molar refractivity (Wildman–Crippen MR) is 84.8 cm³/mol. The Hall–Kier alpha value is -1.33. The Morgan fingerprint density at radius 2 is 1.95 bits per heavy atom. The van der Waals surface area contributed by atoms with E-state index in [-0.39, 0.29) is 5.91 Å². The SMILES string of the molecule is Cc1ccc(CN(CCN(C)C)C(=O)C(N)CC(C)C)o1. The van der Waals surface area contributed by atoms with E-state index in [9.17, 15) is 4.79 Å². The Morgan fingerprint density at radius 1 is 1.29 bits per heavy atom. The highest BCUT2D eigenvalue weighted by molar-refractivity contribution is 5.81. The first-order chi connectivity index (χ1) is 9.79. The van der Waals surface area contributed by atoms with Crippen LogP contribution in [0.2, 0.25) is 0 Å². The minimum Gasteiger partial charge on any atom is -0.464 e. The van der Waals surface area contributed by atoms with Crippen LogP contribution < -0.4 is 5.73 Å². The lowest BCUT2D eigenvalue weighted by Crippen LogP contribution is -2.46. The van der Waals surface area contributed by atoms with E-state index in [1.165, 1.54) is 0 Å². The number of hydrogen-bond donors (Lipinski definition) is 1. The fourth-order valence-corrected chi connectivity index (χ4v) is 2.19. The first kappa shape index (κ1) is 17.7. The lowest BCUT2D eigenvalue weighted by Gasteiger charge is -2.27. The molecule has 0 aliphatic heterocycles. The molecule has 2 N–H and O–H groups in total. The molecular formula is C16H29N3O2. The lowest BCUT2D eigenvalue weighted by atomic mass is 10.0. The molecule has 0 saturated heterocycles. The molecule has 5 nitrogen and oxygen atoms in total. The van der Waals surface area contributed by atoms with Crippen molar-refractivity contribution in [1.82, 2.24) is 9.80 Å². The van der Waals surface area contributed by atoms with E-state index in [2.05, 4.69) is 18.7 Å². The van der Waals surface area contributed by atoms with Crippen molar-refractivity contribution in [2.24, 2.45) is 11.7 Å². The van der Waals surface area contributed by atoms with Crippen LogP contribution in [-0.2, 0) is 11.3 Å². The van der Waals surface area contributed by atoms with E-state index in [0.29, 0.717) is 25.4 Å². The van der Waals surface area contributed by atoms with Gasteiger partial charge in [-0.1, -0.05) is 13.8 Å². The second-order valence-electron chi connectivity index (χ2n) is 6.31. The van der Waals surface area contributed by atoms with E-state index in [1.54, 1.807) is 4.90 Å². The molecule has 1 aromatic rings. The average Bonchev–Trinajstić information content (AvgIpc) is 2.78. The second-order valence-corrected chi connectivity index (χ2v) is 6.31. The molecule has 1 heterocycles. The molecule has 1 amide bonds. The monoisotopic (exact) mass is 295 g/mol. The summed E-state index contributed by atoms with van der Waals surface area (Å²) in [4.78, 5) is 16.4. The van der Waals surface area contributed by atoms with Crippen LogP contribution in [0.1, 0.15) is 31.8 Å². The third kappa shape index (κ3) is 6.31. The summed E-state index contributed by atoms with van der Waals surface area (Å²) < 4.78 is 5.58. The van der Waals surface area contributed by atoms with Gasteiger partial charge < -0.3 is 20.0 Å². The summed E-state index contributed by atoms with van der Waals surface area (Å²) in [6.07, 6.45) is 0.703. The van der Waals surface area contributed by atoms with Gasteiger partial charge in [-0.05, 0) is 45.5 Å². The van der Waals surface area contributed by atoms with Gasteiger partial charge in [-0.2, -0.15) is 0 Å². The third-order valence-electron chi connectivity index (χ3n) is 3.31. The van der Waals surface area contributed by atoms with Gasteiger partial charge in [-0.3, -0.25) is 4.79 Å². The molecule has 1 atom stereocenters. The van der Waals surface area contributed by atoms with Gasteiger partial charge in [0.25, 0.3) is 0 Å². The fourth-order valence-electron chi connectivity index (χ4n) is 2.19. The number of likely N-dealkylation sites (N-methyl/N-ethyl adjacent to an activating group) is 1. The molecule has 1 rings (SSSR count). The van der Waals surface area contributed by atoms with E-state index in [1.807, 2.05) is 33.2 Å². The fraction of sp³-hybridized carbons (Fsp3) is 0.688. The van der Waals surface area contributed by atoms with Crippen LogP contribution in [0.15, 0.2) is 16.5 Å². The molecule has 0 bridgehead atoms. The molecule has 0 aromatic carbocycles. The minimum absolute atomic E-state index is 0.000368. The maximum absolute atomic E-state index is 12.5. The van der Waals surface area contributed by atoms with Crippen LogP contribution in [0.4, 0.5) is 0 Å². The Balaban J connectivity index is 2.73. The van der Waals surface area contributed by atoms with Gasteiger partial charge in [0.1, 0.15) is 11.5 Å². The molecule has 0 saturated carbocycles. The zero-order valence-corrected chi connectivity index (χ0v) is 13.9. The number of nitrogens with zero attached hydrogens (tertiary/aromatic N) is 2. The maximum atomic E-state index is 12.5. The Bertz CT molecular complexity index is 440. The number of furan rings is 1. The number of carbonyl (C=O) groups is 1. The largest absolute Gasteiger partial charge is 0.464 e. The zero-order chi connectivity index (χ0) is 16.0. The van der Waals surface area contributed by atoms with Crippen molar-refractivity contribution in [1.29, 1.82) is 0 Å². The van der Waals surface area contributed by atoms with Crippen LogP contribution in [0, 0.1) is 12.8 Å². The van der Waals surface area contributed by atoms with Crippen molar-refractivity contribution >= 4 is 5.91 Å². The van der Waals surface area contributed by atoms with Gasteiger partial charge in [-0.15, -0.1) is 0 Å². The van der Waals surface area contributed by atoms with Gasteiger partial charge in [0.2, 0.25) is 5.91 Å². The minimum atomic E-state index is -0.441. The summed E-state index contributed by atoms with van der Waals surface area (Å²) in [6, 6.07) is 3.39. The van der Waals surface area contributed by atoms with Crippen molar-refractivity contribution < 1.29 is 9.21 Å². The van der Waals surface area contributed by atoms with Crippen LogP contribution in [0.25, 0.3) is 0 Å². The van der Waals surface area contributed by atoms with E-state index in [4.69, 9.17) is 10.2 Å². The molecule has 0 aliphatic rings. The van der Waals surface area contributed by atoms with E-state index >= 15 is 0 Å². The van der Waals surface area contributed by atoms with Crippen molar-refractivity contribution in [3.63, 3.8) is 0 Å². The average molecular weight is 295 g/mol. The molecular weight excluding hydrogens is 266 g/mol. The molecule has 0 aliphatic carbocycles. The highest BCUT2D eigenvalue weighted by atomic mass is 16.3. The summed E-state index contributed by atoms with van der Waals surface area (Å²) in [5.41, 5.74) is 6.05. The van der Waals surface area contributed by atoms with Crippen LogP contribution in [0.3, 0.4) is 0 Å². The number of nitrogens with two attached hydrogens (primary N) is 1. The highest BCUT2D eigenvalue weighted by Crippen LogP contribution is 2.12. The Labute approximate surface area is 128 Å². The van der Waals surface area contributed by atoms with Crippen LogP contribution in [-0.4, -0.2) is 48.9 Å². The quantitative estimate of drug-likeness (QED) is 0.795. The Morgan fingerprint density at radius 3 is 2.43 bits per heavy atom. The highest BCUT2D eigenvalue weighted by Gasteiger charge is 2.22. The third-order valence-corrected chi connectivity index (χ3v) is 3.31. The first-order valence-corrected chi connectivity index (χ1v) is 7.54. The summed E-state index contributed by atoms with van der Waals surface area (Å²) in [5, 5.41) is 0. The maximum Gasteiger partial charge on any atom is 0.239 e. The first-order valence-electron chi connectivity index (χ1n) is 7.54. The molecule has 21 heavy (non-hydrogen) atoms. The van der Waals surface area contributed by atoms with Gasteiger partial charge in [0.15, 0.2) is 0 Å². The number of rotatable bonds is 8. The van der Waals surface area contributed by atoms with Crippen molar-refractivity contribution in [3.05, 3.63) is 23.7 Å². The van der Waals surface area contributed by atoms with Gasteiger partial charge in [-0.25, -0.2) is 0 Å². The van der Waals surface area contributed by atoms with Gasteiger partial charge >= 0.3 is 0 Å². The summed E-state index contributed by atoms with van der Waals surface area (Å²) in [5.74, 6) is 2.07. The molecule has 0 spiro atoms. The topological polar surface area (TPSA) is 62.7 Å². The van der Waals surface area contributed by atoms with Crippen LogP contribution in [0.5, 0.6) is 0 Å². The molecule has 1 aromatic heterocycles. The number of hydrogen-bond acceptors (Lipinski definition) is 4. The summed E-state index contributed by atoms with van der Waals surface area (Å²) >= 11 is 0. The van der Waals surface area contributed by atoms with Gasteiger partial charge in [0, 0.05) is 13.1 Å². The number of aryl methyl sites for hydroxylation is 1. The van der Waals surface area contributed by atoms with Crippen molar-refractivity contribution in [2.45, 2.75) is 39.8 Å². The number of amides is 1. The van der Waals surface area contributed by atoms with Gasteiger partial charge in [0.05, 0.1) is 12.6 Å². The molecule has 0 radical (unpaired) electrons. The van der Waals surface area contributed by atoms with E-state index in [0.717, 1.165) is 18.1 Å². The zero-order valence-electron chi connectivity index (χ0n) is 13.9. The number of carbonyl (C=O) groups excluding carboxylic acids is 1. The standard InChI is InChI=1S/C16H29N3O2/c1-12(2)10-15(17)16(20)19(9-8-18(4)5)11-14-7-6-13(3)21-14/h6-7,12,15H,8-11,17H2,1-5H3. The summed E-state index contributed by atoms with van der Waals surface area (Å²) in [7, 11) is 3.99. The smallest absolute Gasteiger partial charge is 0.239 e. The molecule has 0 fully saturated rings. The van der Waals surface area contributed by atoms with Crippen LogP contribution >= 0.6 is 0 Å². The summed E-state index contributed by atoms with van der Waals surface area (Å²) in [6.45, 7) is 7.99.